The van der Waals surface area contributed by atoms with Gasteiger partial charge in [-0.3, -0.25) is 4.79 Å². The van der Waals surface area contributed by atoms with Gasteiger partial charge in [0.1, 0.15) is 12.2 Å². The zero-order valence-corrected chi connectivity index (χ0v) is 19.6. The minimum atomic E-state index is -4.52. The second kappa shape index (κ2) is 7.68. The third-order valence-corrected chi connectivity index (χ3v) is 7.28. The second-order valence-corrected chi connectivity index (χ2v) is 10.0. The average molecular weight is 469 g/mol. The summed E-state index contributed by atoms with van der Waals surface area (Å²) in [4.78, 5) is 14.8. The van der Waals surface area contributed by atoms with Gasteiger partial charge in [0, 0.05) is 18.3 Å². The highest BCUT2D eigenvalue weighted by Crippen LogP contribution is 2.52. The quantitative estimate of drug-likeness (QED) is 0.484. The Kier molecular flexibility index (Phi) is 5.11. The maximum atomic E-state index is 13.9. The molecule has 5 rings (SSSR count). The number of hydrogen-bond acceptors (Lipinski definition) is 3. The molecule has 0 spiro atoms. The van der Waals surface area contributed by atoms with Gasteiger partial charge >= 0.3 is 6.18 Å². The number of anilines is 1. The molecule has 0 unspecified atom stereocenters. The summed E-state index contributed by atoms with van der Waals surface area (Å²) in [6.45, 7) is 5.74. The van der Waals surface area contributed by atoms with Crippen molar-refractivity contribution in [2.24, 2.45) is 13.0 Å². The van der Waals surface area contributed by atoms with Gasteiger partial charge in [-0.05, 0) is 65.6 Å². The molecule has 0 bridgehead atoms. The molecule has 3 aromatic rings. The number of rotatable bonds is 4. The summed E-state index contributed by atoms with van der Waals surface area (Å²) in [6, 6.07) is 10.4. The van der Waals surface area contributed by atoms with Crippen LogP contribution in [-0.2, 0) is 25.2 Å². The van der Waals surface area contributed by atoms with Gasteiger partial charge in [0.25, 0.3) is 5.91 Å². The van der Waals surface area contributed by atoms with Gasteiger partial charge in [0.15, 0.2) is 0 Å². The van der Waals surface area contributed by atoms with Crippen molar-refractivity contribution >= 4 is 11.6 Å². The summed E-state index contributed by atoms with van der Waals surface area (Å²) >= 11 is 0. The fourth-order valence-electron chi connectivity index (χ4n) is 5.59. The van der Waals surface area contributed by atoms with E-state index in [-0.39, 0.29) is 29.0 Å². The summed E-state index contributed by atoms with van der Waals surface area (Å²) in [6.07, 6.45) is -1.06. The van der Waals surface area contributed by atoms with E-state index in [4.69, 9.17) is 0 Å². The largest absolute Gasteiger partial charge is 0.416 e. The predicted octanol–water partition coefficient (Wildman–Crippen LogP) is 5.83. The summed E-state index contributed by atoms with van der Waals surface area (Å²) in [5, 5.41) is 8.42. The smallest absolute Gasteiger partial charge is 0.320 e. The lowest BCUT2D eigenvalue weighted by atomic mass is 9.58. The van der Waals surface area contributed by atoms with Crippen LogP contribution in [-0.4, -0.2) is 20.7 Å². The molecule has 178 valence electrons. The lowest BCUT2D eigenvalue weighted by molar-refractivity contribution is -0.138. The number of halogens is 3. The number of benzene rings is 2. The Morgan fingerprint density at radius 2 is 1.88 bits per heavy atom. The number of amides is 1. The number of nitrogens with zero attached hydrogens (tertiary/aromatic N) is 4. The number of hydrogen-bond donors (Lipinski definition) is 0. The minimum absolute atomic E-state index is 0.0487. The minimum Gasteiger partial charge on any atom is -0.320 e. The third kappa shape index (κ3) is 3.42. The van der Waals surface area contributed by atoms with Gasteiger partial charge in [-0.2, -0.15) is 13.2 Å². The van der Waals surface area contributed by atoms with E-state index in [1.165, 1.54) is 11.0 Å². The van der Waals surface area contributed by atoms with E-state index >= 15 is 0 Å². The van der Waals surface area contributed by atoms with Gasteiger partial charge in [0.05, 0.1) is 17.5 Å². The number of carbonyl (C=O) groups excluding carboxylic acids is 1. The van der Waals surface area contributed by atoms with Crippen LogP contribution in [0.2, 0.25) is 0 Å². The zero-order valence-electron chi connectivity index (χ0n) is 19.6. The Morgan fingerprint density at radius 3 is 2.47 bits per heavy atom. The Balaban J connectivity index is 1.57. The van der Waals surface area contributed by atoms with E-state index in [0.717, 1.165) is 24.2 Å². The lowest BCUT2D eigenvalue weighted by Gasteiger charge is -2.46. The van der Waals surface area contributed by atoms with Gasteiger partial charge in [-0.1, -0.05) is 32.9 Å². The lowest BCUT2D eigenvalue weighted by Crippen LogP contribution is -2.43. The molecule has 0 radical (unpaired) electrons. The molecule has 2 aromatic carbocycles. The molecule has 1 aromatic heterocycles. The Hall–Kier alpha value is -3.16. The molecule has 5 nitrogen and oxygen atoms in total. The predicted molar refractivity (Wildman–Crippen MR) is 123 cm³/mol. The zero-order chi connectivity index (χ0) is 24.4. The number of fused-ring (bicyclic) bond motifs is 1. The number of aryl methyl sites for hydroxylation is 1. The highest BCUT2D eigenvalue weighted by molar-refractivity contribution is 6.10. The van der Waals surface area contributed by atoms with Crippen LogP contribution in [0, 0.1) is 5.92 Å². The molecule has 1 aliphatic heterocycles. The standard InChI is InChI=1S/C26H27F3N4O/c1-15(2)17-8-20-21(22(9-17)26(27,28)29)13-33(23(20)34)19-7-5-6-18(10-19)25(11-16(3)12-25)24-31-30-14-32(24)4/h5-10,14-16H,11-13H2,1-4H3. The number of aromatic nitrogens is 3. The molecule has 1 aliphatic carbocycles. The van der Waals surface area contributed by atoms with Gasteiger partial charge in [-0.15, -0.1) is 10.2 Å². The monoisotopic (exact) mass is 468 g/mol. The van der Waals surface area contributed by atoms with Crippen molar-refractivity contribution in [3.63, 3.8) is 0 Å². The number of alkyl halides is 3. The van der Waals surface area contributed by atoms with Crippen molar-refractivity contribution in [2.75, 3.05) is 4.90 Å². The van der Waals surface area contributed by atoms with Crippen LogP contribution in [0.4, 0.5) is 18.9 Å². The van der Waals surface area contributed by atoms with Crippen LogP contribution < -0.4 is 4.90 Å². The summed E-state index contributed by atoms with van der Waals surface area (Å²) < 4.78 is 43.6. The van der Waals surface area contributed by atoms with Gasteiger partial charge < -0.3 is 9.47 Å². The first-order valence-corrected chi connectivity index (χ1v) is 11.5. The van der Waals surface area contributed by atoms with E-state index in [9.17, 15) is 18.0 Å². The Morgan fingerprint density at radius 1 is 1.15 bits per heavy atom. The van der Waals surface area contributed by atoms with Crippen molar-refractivity contribution < 1.29 is 18.0 Å². The summed E-state index contributed by atoms with van der Waals surface area (Å²) in [5.41, 5.74) is 1.26. The van der Waals surface area contributed by atoms with Crippen LogP contribution in [0.1, 0.15) is 78.0 Å². The molecular formula is C26H27F3N4O. The molecule has 2 heterocycles. The molecule has 0 N–H and O–H groups in total. The molecule has 1 amide bonds. The molecule has 8 heteroatoms. The highest BCUT2D eigenvalue weighted by atomic mass is 19.4. The van der Waals surface area contributed by atoms with Crippen LogP contribution in [0.25, 0.3) is 0 Å². The molecule has 0 atom stereocenters. The van der Waals surface area contributed by atoms with Crippen molar-refractivity contribution in [3.8, 4) is 0 Å². The van der Waals surface area contributed by atoms with E-state index in [1.54, 1.807) is 18.5 Å². The fraction of sp³-hybridized carbons (Fsp3) is 0.423. The average Bonchev–Trinajstić information content (AvgIpc) is 3.33. The van der Waals surface area contributed by atoms with E-state index < -0.39 is 17.6 Å². The highest BCUT2D eigenvalue weighted by Gasteiger charge is 2.48. The topological polar surface area (TPSA) is 51.0 Å². The van der Waals surface area contributed by atoms with Crippen molar-refractivity contribution in [2.45, 2.75) is 57.7 Å². The first-order chi connectivity index (χ1) is 16.0. The maximum Gasteiger partial charge on any atom is 0.416 e. The van der Waals surface area contributed by atoms with Crippen LogP contribution >= 0.6 is 0 Å². The molecular weight excluding hydrogens is 441 g/mol. The number of carbonyl (C=O) groups is 1. The summed E-state index contributed by atoms with van der Waals surface area (Å²) in [5.74, 6) is 0.861. The van der Waals surface area contributed by atoms with Gasteiger partial charge in [-0.25, -0.2) is 0 Å². The van der Waals surface area contributed by atoms with Gasteiger partial charge in [0.2, 0.25) is 0 Å². The SMILES string of the molecule is CC1CC(c2cccc(N3Cc4c(cc(C(C)C)cc4C(F)(F)F)C3=O)c2)(c2nncn2C)C1. The normalized spacial score (nSPS) is 22.3. The third-order valence-electron chi connectivity index (χ3n) is 7.28. The molecule has 2 aliphatic rings. The molecule has 0 saturated heterocycles. The fourth-order valence-corrected chi connectivity index (χ4v) is 5.59. The molecule has 1 fully saturated rings. The maximum absolute atomic E-state index is 13.9. The Labute approximate surface area is 196 Å². The molecule has 1 saturated carbocycles. The van der Waals surface area contributed by atoms with Crippen molar-refractivity contribution in [1.82, 2.24) is 14.8 Å². The van der Waals surface area contributed by atoms with E-state index in [2.05, 4.69) is 17.1 Å². The van der Waals surface area contributed by atoms with Crippen molar-refractivity contribution in [3.05, 3.63) is 76.4 Å². The van der Waals surface area contributed by atoms with Crippen LogP contribution in [0.3, 0.4) is 0 Å². The second-order valence-electron chi connectivity index (χ2n) is 10.0. The first-order valence-electron chi connectivity index (χ1n) is 11.5. The van der Waals surface area contributed by atoms with Crippen molar-refractivity contribution in [1.29, 1.82) is 0 Å². The van der Waals surface area contributed by atoms with Crippen LogP contribution in [0.15, 0.2) is 42.7 Å². The summed E-state index contributed by atoms with van der Waals surface area (Å²) in [7, 11) is 1.91. The van der Waals surface area contributed by atoms with E-state index in [1.807, 2.05) is 43.7 Å². The van der Waals surface area contributed by atoms with Crippen LogP contribution in [0.5, 0.6) is 0 Å². The molecule has 34 heavy (non-hydrogen) atoms. The van der Waals surface area contributed by atoms with E-state index in [0.29, 0.717) is 17.2 Å². The Bertz CT molecular complexity index is 1270. The first kappa shape index (κ1) is 22.6.